The molecule has 0 fully saturated rings. The number of hydrogen-bond acceptors (Lipinski definition) is 4. The van der Waals surface area contributed by atoms with Crippen LogP contribution in [0.2, 0.25) is 0 Å². The summed E-state index contributed by atoms with van der Waals surface area (Å²) in [5.41, 5.74) is 4.18. The summed E-state index contributed by atoms with van der Waals surface area (Å²) in [5.74, 6) is -0.275. The Balaban J connectivity index is 1.92. The maximum absolute atomic E-state index is 12.6. The Kier molecular flexibility index (Phi) is 6.33. The second kappa shape index (κ2) is 8.91. The van der Waals surface area contributed by atoms with E-state index in [-0.39, 0.29) is 5.91 Å². The van der Waals surface area contributed by atoms with Gasteiger partial charge in [-0.2, -0.15) is 5.10 Å². The van der Waals surface area contributed by atoms with E-state index in [1.807, 2.05) is 39.2 Å². The van der Waals surface area contributed by atoms with E-state index in [0.29, 0.717) is 29.9 Å². The van der Waals surface area contributed by atoms with Crippen molar-refractivity contribution in [3.05, 3.63) is 77.1 Å². The summed E-state index contributed by atoms with van der Waals surface area (Å²) in [6, 6.07) is 12.4. The molecule has 1 amide bonds. The van der Waals surface area contributed by atoms with Gasteiger partial charge in [0.25, 0.3) is 5.91 Å². The molecule has 0 bridgehead atoms. The van der Waals surface area contributed by atoms with E-state index in [9.17, 15) is 13.2 Å². The molecule has 0 aliphatic rings. The molecule has 152 valence electrons. The fraction of sp³-hybridized carbons (Fsp3) is 0.238. The Morgan fingerprint density at radius 2 is 1.90 bits per heavy atom. The van der Waals surface area contributed by atoms with E-state index >= 15 is 0 Å². The fourth-order valence-electron chi connectivity index (χ4n) is 3.06. The summed E-state index contributed by atoms with van der Waals surface area (Å²) in [5, 5.41) is 6.92. The number of anilines is 2. The Labute approximate surface area is 172 Å². The molecule has 0 aliphatic heterocycles. The number of amides is 1. The van der Waals surface area contributed by atoms with Crippen molar-refractivity contribution in [2.24, 2.45) is 7.05 Å². The predicted molar refractivity (Wildman–Crippen MR) is 114 cm³/mol. The monoisotopic (exact) mass is 412 g/mol. The van der Waals surface area contributed by atoms with Crippen molar-refractivity contribution in [1.29, 1.82) is 0 Å². The molecule has 0 aliphatic carbocycles. The smallest absolute Gasteiger partial charge is 0.251 e. The van der Waals surface area contributed by atoms with Crippen LogP contribution in [0.5, 0.6) is 0 Å². The van der Waals surface area contributed by atoms with Crippen LogP contribution in [-0.2, 0) is 30.9 Å². The number of carbonyl (C=O) groups excluding carboxylic acids is 1. The largest absolute Gasteiger partial charge is 0.348 e. The number of nitrogens with one attached hydrogen (secondary N) is 1. The van der Waals surface area contributed by atoms with Gasteiger partial charge in [0.2, 0.25) is 10.9 Å². The van der Waals surface area contributed by atoms with Gasteiger partial charge in [-0.05, 0) is 43.2 Å². The molecule has 0 radical (unpaired) electrons. The lowest BCUT2D eigenvalue weighted by Gasteiger charge is -2.22. The molecule has 1 heterocycles. The molecule has 7 nitrogen and oxygen atoms in total. The summed E-state index contributed by atoms with van der Waals surface area (Å²) in [7, 11) is -1.12. The number of rotatable bonds is 7. The number of nitrogens with zero attached hydrogens (tertiary/aromatic N) is 3. The summed E-state index contributed by atoms with van der Waals surface area (Å²) in [6.07, 6.45) is 4.15. The highest BCUT2D eigenvalue weighted by atomic mass is 32.2. The first-order chi connectivity index (χ1) is 13.9. The number of carbonyl (C=O) groups is 1. The average Bonchev–Trinajstić information content (AvgIpc) is 3.12. The molecule has 0 saturated heterocycles. The van der Waals surface area contributed by atoms with Crippen molar-refractivity contribution in [1.82, 2.24) is 15.1 Å². The number of aryl methyl sites for hydroxylation is 3. The molecule has 1 N–H and O–H groups in total. The lowest BCUT2D eigenvalue weighted by molar-refractivity contribution is 0.0951. The lowest BCUT2D eigenvalue weighted by Crippen LogP contribution is -2.23. The first-order valence-electron chi connectivity index (χ1n) is 9.28. The van der Waals surface area contributed by atoms with Gasteiger partial charge in [-0.3, -0.25) is 9.48 Å². The van der Waals surface area contributed by atoms with Crippen LogP contribution < -0.4 is 9.62 Å². The third-order valence-corrected chi connectivity index (χ3v) is 5.38. The fourth-order valence-corrected chi connectivity index (χ4v) is 3.74. The van der Waals surface area contributed by atoms with Gasteiger partial charge in [-0.25, -0.2) is 12.7 Å². The first-order valence-corrected chi connectivity index (χ1v) is 10.4. The summed E-state index contributed by atoms with van der Waals surface area (Å²) in [4.78, 5) is 12.6. The molecule has 3 rings (SSSR count). The molecular formula is C21H24N4O3S. The highest BCUT2D eigenvalue weighted by Crippen LogP contribution is 2.30. The van der Waals surface area contributed by atoms with Gasteiger partial charge >= 0.3 is 0 Å². The Hall–Kier alpha value is -3.13. The van der Waals surface area contributed by atoms with Gasteiger partial charge < -0.3 is 5.32 Å². The quantitative estimate of drug-likeness (QED) is 0.585. The summed E-state index contributed by atoms with van der Waals surface area (Å²) < 4.78 is 27.1. The zero-order chi connectivity index (χ0) is 21.0. The van der Waals surface area contributed by atoms with Crippen LogP contribution in [0.15, 0.2) is 54.9 Å². The first kappa shape index (κ1) is 20.6. The Morgan fingerprint density at radius 1 is 1.17 bits per heavy atom. The van der Waals surface area contributed by atoms with Crippen molar-refractivity contribution in [3.8, 4) is 0 Å². The molecule has 0 atom stereocenters. The number of aromatic nitrogens is 2. The van der Waals surface area contributed by atoms with E-state index in [4.69, 9.17) is 0 Å². The van der Waals surface area contributed by atoms with Crippen LogP contribution >= 0.6 is 0 Å². The minimum Gasteiger partial charge on any atom is -0.348 e. The van der Waals surface area contributed by atoms with E-state index in [1.54, 1.807) is 41.2 Å². The van der Waals surface area contributed by atoms with Crippen LogP contribution in [-0.4, -0.2) is 24.1 Å². The van der Waals surface area contributed by atoms with Crippen molar-refractivity contribution in [2.45, 2.75) is 26.8 Å². The van der Waals surface area contributed by atoms with Crippen molar-refractivity contribution in [2.75, 3.05) is 4.31 Å². The van der Waals surface area contributed by atoms with Crippen LogP contribution in [0.25, 0.3) is 0 Å². The molecule has 2 aromatic carbocycles. The van der Waals surface area contributed by atoms with Crippen molar-refractivity contribution >= 4 is 28.2 Å². The molecule has 29 heavy (non-hydrogen) atoms. The maximum atomic E-state index is 12.6. The maximum Gasteiger partial charge on any atom is 0.251 e. The minimum atomic E-state index is -2.93. The van der Waals surface area contributed by atoms with Gasteiger partial charge in [0.15, 0.2) is 0 Å². The van der Waals surface area contributed by atoms with Gasteiger partial charge in [0, 0.05) is 30.9 Å². The zero-order valence-corrected chi connectivity index (χ0v) is 17.5. The van der Waals surface area contributed by atoms with E-state index < -0.39 is 10.9 Å². The Bertz CT molecular complexity index is 1080. The average molecular weight is 413 g/mol. The Morgan fingerprint density at radius 3 is 2.48 bits per heavy atom. The molecule has 0 saturated carbocycles. The predicted octanol–water partition coefficient (Wildman–Crippen LogP) is 2.89. The normalized spacial score (nSPS) is 10.9. The van der Waals surface area contributed by atoms with Gasteiger partial charge in [-0.1, -0.05) is 30.7 Å². The summed E-state index contributed by atoms with van der Waals surface area (Å²) in [6.45, 7) is 4.23. The van der Waals surface area contributed by atoms with Crippen molar-refractivity contribution < 1.29 is 13.2 Å². The highest BCUT2D eigenvalue weighted by molar-refractivity contribution is 7.74. The third-order valence-electron chi connectivity index (χ3n) is 4.61. The van der Waals surface area contributed by atoms with Gasteiger partial charge in [0.05, 0.1) is 17.6 Å². The van der Waals surface area contributed by atoms with Crippen LogP contribution in [0, 0.1) is 6.92 Å². The van der Waals surface area contributed by atoms with Gasteiger partial charge in [-0.15, -0.1) is 0 Å². The molecule has 3 aromatic rings. The second-order valence-corrected chi connectivity index (χ2v) is 7.66. The van der Waals surface area contributed by atoms with E-state index in [2.05, 4.69) is 10.4 Å². The van der Waals surface area contributed by atoms with Crippen molar-refractivity contribution in [3.63, 3.8) is 0 Å². The molecule has 0 spiro atoms. The molecule has 8 heteroatoms. The lowest BCUT2D eigenvalue weighted by atomic mass is 10.1. The van der Waals surface area contributed by atoms with Crippen LogP contribution in [0.4, 0.5) is 11.4 Å². The number of benzene rings is 2. The second-order valence-electron chi connectivity index (χ2n) is 6.79. The van der Waals surface area contributed by atoms with E-state index in [1.165, 1.54) is 4.31 Å². The van der Waals surface area contributed by atoms with Crippen LogP contribution in [0.1, 0.15) is 34.0 Å². The zero-order valence-electron chi connectivity index (χ0n) is 16.6. The summed E-state index contributed by atoms with van der Waals surface area (Å²) >= 11 is 0. The number of thiol groups is 1. The topological polar surface area (TPSA) is 84.3 Å². The van der Waals surface area contributed by atoms with E-state index in [0.717, 1.165) is 16.7 Å². The molecule has 1 aromatic heterocycles. The minimum absolute atomic E-state index is 0.275. The standard InChI is InChI=1S/C21H24N4O3S/c1-4-17-7-8-18(21(26)22-12-16-13-23-24(3)14-16)11-20(17)25(29(27)28)19-9-5-15(2)6-10-19/h5-11,13-14,29H,4,12H2,1-3H3,(H,22,26). The molecular weight excluding hydrogens is 388 g/mol. The highest BCUT2D eigenvalue weighted by Gasteiger charge is 2.18. The SMILES string of the molecule is CCc1ccc(C(=O)NCc2cnn(C)c2)cc1N(c1ccc(C)cc1)[SH](=O)=O. The molecule has 0 unspecified atom stereocenters. The van der Waals surface area contributed by atoms with Gasteiger partial charge in [0.1, 0.15) is 0 Å². The van der Waals surface area contributed by atoms with Crippen LogP contribution in [0.3, 0.4) is 0 Å². The number of hydrogen-bond donors (Lipinski definition) is 2. The third kappa shape index (κ3) is 4.83.